The maximum Gasteiger partial charge on any atom is 0.224 e. The molecular formula is C13H23N5O3S. The number of hydrogen-bond donors (Lipinski definition) is 1. The number of sulfonamides is 1. The fourth-order valence-electron chi connectivity index (χ4n) is 2.29. The Bertz CT molecular complexity index is 620. The second-order valence-corrected chi connectivity index (χ2v) is 7.57. The van der Waals surface area contributed by atoms with E-state index in [-0.39, 0.29) is 6.10 Å². The Morgan fingerprint density at radius 1 is 1.50 bits per heavy atom. The second kappa shape index (κ2) is 6.76. The van der Waals surface area contributed by atoms with Crippen LogP contribution in [0.25, 0.3) is 0 Å². The zero-order chi connectivity index (χ0) is 16.3. The molecule has 0 radical (unpaired) electrons. The van der Waals surface area contributed by atoms with Gasteiger partial charge in [-0.3, -0.25) is 0 Å². The van der Waals surface area contributed by atoms with Crippen LogP contribution >= 0.6 is 0 Å². The lowest BCUT2D eigenvalue weighted by Gasteiger charge is -2.31. The Kier molecular flexibility index (Phi) is 5.20. The Balaban J connectivity index is 1.97. The second-order valence-electron chi connectivity index (χ2n) is 5.59. The van der Waals surface area contributed by atoms with Gasteiger partial charge in [-0.2, -0.15) is 9.29 Å². The molecule has 2 heterocycles. The Labute approximate surface area is 131 Å². The summed E-state index contributed by atoms with van der Waals surface area (Å²) in [5.74, 6) is 1.36. The monoisotopic (exact) mass is 329 g/mol. The SMILES string of the molecule is Cc1cnc(NC[C@H]2CN(S(C)(=O)=O)CCO2)nc1N(C)C. The van der Waals surface area contributed by atoms with Crippen molar-refractivity contribution in [2.24, 2.45) is 0 Å². The van der Waals surface area contributed by atoms with Crippen LogP contribution in [-0.4, -0.2) is 75.4 Å². The summed E-state index contributed by atoms with van der Waals surface area (Å²) in [6.07, 6.45) is 2.76. The molecule has 8 nitrogen and oxygen atoms in total. The topological polar surface area (TPSA) is 87.7 Å². The normalized spacial score (nSPS) is 19.9. The van der Waals surface area contributed by atoms with Crippen LogP contribution < -0.4 is 10.2 Å². The van der Waals surface area contributed by atoms with E-state index in [1.807, 2.05) is 25.9 Å². The Morgan fingerprint density at radius 3 is 2.86 bits per heavy atom. The molecule has 0 spiro atoms. The molecule has 1 aromatic rings. The number of aromatic nitrogens is 2. The molecule has 124 valence electrons. The summed E-state index contributed by atoms with van der Waals surface area (Å²) >= 11 is 0. The fourth-order valence-corrected chi connectivity index (χ4v) is 3.14. The lowest BCUT2D eigenvalue weighted by molar-refractivity contribution is 0.00696. The molecule has 2 rings (SSSR count). The van der Waals surface area contributed by atoms with E-state index in [0.717, 1.165) is 11.4 Å². The molecule has 0 bridgehead atoms. The van der Waals surface area contributed by atoms with Crippen LogP contribution in [0, 0.1) is 6.92 Å². The molecule has 1 aromatic heterocycles. The molecule has 0 aromatic carbocycles. The largest absolute Gasteiger partial charge is 0.374 e. The van der Waals surface area contributed by atoms with E-state index in [1.165, 1.54) is 10.6 Å². The van der Waals surface area contributed by atoms with Crippen molar-refractivity contribution >= 4 is 21.8 Å². The van der Waals surface area contributed by atoms with Crippen molar-refractivity contribution in [3.63, 3.8) is 0 Å². The van der Waals surface area contributed by atoms with Crippen LogP contribution in [0.1, 0.15) is 5.56 Å². The number of hydrogen-bond acceptors (Lipinski definition) is 7. The van der Waals surface area contributed by atoms with Crippen LogP contribution in [0.4, 0.5) is 11.8 Å². The molecule has 1 fully saturated rings. The zero-order valence-corrected chi connectivity index (χ0v) is 14.2. The minimum atomic E-state index is -3.18. The third kappa shape index (κ3) is 4.28. The van der Waals surface area contributed by atoms with Crippen LogP contribution in [0.3, 0.4) is 0 Å². The Morgan fingerprint density at radius 2 is 2.23 bits per heavy atom. The molecule has 1 aliphatic rings. The van der Waals surface area contributed by atoms with Crippen molar-refractivity contribution < 1.29 is 13.2 Å². The first-order valence-electron chi connectivity index (χ1n) is 7.09. The van der Waals surface area contributed by atoms with E-state index in [0.29, 0.717) is 32.2 Å². The van der Waals surface area contributed by atoms with Gasteiger partial charge in [0, 0.05) is 45.5 Å². The molecule has 1 N–H and O–H groups in total. The number of morpholine rings is 1. The predicted octanol–water partition coefficient (Wildman–Crippen LogP) is -0.0767. The lowest BCUT2D eigenvalue weighted by Crippen LogP contribution is -2.47. The summed E-state index contributed by atoms with van der Waals surface area (Å²) in [6, 6.07) is 0. The van der Waals surface area contributed by atoms with Gasteiger partial charge < -0.3 is 15.0 Å². The van der Waals surface area contributed by atoms with Gasteiger partial charge in [0.25, 0.3) is 0 Å². The van der Waals surface area contributed by atoms with E-state index in [9.17, 15) is 8.42 Å². The number of ether oxygens (including phenoxy) is 1. The van der Waals surface area contributed by atoms with Crippen molar-refractivity contribution in [2.45, 2.75) is 13.0 Å². The number of anilines is 2. The van der Waals surface area contributed by atoms with Crippen LogP contribution in [-0.2, 0) is 14.8 Å². The molecule has 1 saturated heterocycles. The van der Waals surface area contributed by atoms with Crippen LogP contribution in [0.5, 0.6) is 0 Å². The van der Waals surface area contributed by atoms with Gasteiger partial charge >= 0.3 is 0 Å². The molecule has 1 atom stereocenters. The van der Waals surface area contributed by atoms with Crippen LogP contribution in [0.15, 0.2) is 6.20 Å². The molecule has 9 heteroatoms. The van der Waals surface area contributed by atoms with Gasteiger partial charge in [0.15, 0.2) is 0 Å². The minimum Gasteiger partial charge on any atom is -0.374 e. The first-order chi connectivity index (χ1) is 10.3. The average Bonchev–Trinajstić information content (AvgIpc) is 2.45. The summed E-state index contributed by atoms with van der Waals surface area (Å²) in [5.41, 5.74) is 0.993. The van der Waals surface area contributed by atoms with E-state index < -0.39 is 10.0 Å². The van der Waals surface area contributed by atoms with Crippen molar-refractivity contribution in [3.05, 3.63) is 11.8 Å². The standard InChI is InChI=1S/C13H23N5O3S/c1-10-7-14-13(16-12(10)17(2)3)15-8-11-9-18(5-6-21-11)22(4,19)20/h7,11H,5-6,8-9H2,1-4H3,(H,14,15,16)/t11-/m0/s1. The molecule has 0 saturated carbocycles. The van der Waals surface area contributed by atoms with Crippen molar-refractivity contribution in [1.82, 2.24) is 14.3 Å². The maximum absolute atomic E-state index is 11.6. The van der Waals surface area contributed by atoms with Gasteiger partial charge in [0.1, 0.15) is 5.82 Å². The van der Waals surface area contributed by atoms with Crippen molar-refractivity contribution in [3.8, 4) is 0 Å². The summed E-state index contributed by atoms with van der Waals surface area (Å²) in [5, 5.41) is 3.11. The predicted molar refractivity (Wildman–Crippen MR) is 85.7 cm³/mol. The number of aryl methyl sites for hydroxylation is 1. The van der Waals surface area contributed by atoms with Gasteiger partial charge in [-0.05, 0) is 6.92 Å². The Hall–Kier alpha value is -1.45. The molecule has 22 heavy (non-hydrogen) atoms. The molecular weight excluding hydrogens is 306 g/mol. The average molecular weight is 329 g/mol. The molecule has 0 amide bonds. The number of nitrogens with zero attached hydrogens (tertiary/aromatic N) is 4. The third-order valence-corrected chi connectivity index (χ3v) is 4.70. The van der Waals surface area contributed by atoms with Gasteiger partial charge in [-0.15, -0.1) is 0 Å². The highest BCUT2D eigenvalue weighted by atomic mass is 32.2. The van der Waals surface area contributed by atoms with E-state index in [2.05, 4.69) is 15.3 Å². The summed E-state index contributed by atoms with van der Waals surface area (Å²) in [7, 11) is 0.670. The number of nitrogens with one attached hydrogen (secondary N) is 1. The quantitative estimate of drug-likeness (QED) is 0.808. The lowest BCUT2D eigenvalue weighted by atomic mass is 10.3. The number of rotatable bonds is 5. The van der Waals surface area contributed by atoms with Crippen molar-refractivity contribution in [2.75, 3.05) is 56.8 Å². The van der Waals surface area contributed by atoms with E-state index >= 15 is 0 Å². The van der Waals surface area contributed by atoms with E-state index in [1.54, 1.807) is 6.20 Å². The summed E-state index contributed by atoms with van der Waals surface area (Å²) in [4.78, 5) is 10.6. The van der Waals surface area contributed by atoms with Gasteiger partial charge in [0.2, 0.25) is 16.0 Å². The first kappa shape index (κ1) is 16.9. The fraction of sp³-hybridized carbons (Fsp3) is 0.692. The van der Waals surface area contributed by atoms with Crippen molar-refractivity contribution in [1.29, 1.82) is 0 Å². The maximum atomic E-state index is 11.6. The smallest absolute Gasteiger partial charge is 0.224 e. The zero-order valence-electron chi connectivity index (χ0n) is 13.4. The van der Waals surface area contributed by atoms with E-state index in [4.69, 9.17) is 4.74 Å². The molecule has 1 aliphatic heterocycles. The van der Waals surface area contributed by atoms with Crippen LogP contribution in [0.2, 0.25) is 0 Å². The highest BCUT2D eigenvalue weighted by molar-refractivity contribution is 7.88. The van der Waals surface area contributed by atoms with Gasteiger partial charge in [-0.25, -0.2) is 13.4 Å². The van der Waals surface area contributed by atoms with Gasteiger partial charge in [0.05, 0.1) is 19.0 Å². The minimum absolute atomic E-state index is 0.212. The third-order valence-electron chi connectivity index (χ3n) is 3.43. The summed E-state index contributed by atoms with van der Waals surface area (Å²) < 4.78 is 30.2. The highest BCUT2D eigenvalue weighted by Crippen LogP contribution is 2.15. The summed E-state index contributed by atoms with van der Waals surface area (Å²) in [6.45, 7) is 3.56. The highest BCUT2D eigenvalue weighted by Gasteiger charge is 2.26. The molecule has 0 unspecified atom stereocenters. The van der Waals surface area contributed by atoms with Gasteiger partial charge in [-0.1, -0.05) is 0 Å². The first-order valence-corrected chi connectivity index (χ1v) is 8.94. The molecule has 0 aliphatic carbocycles.